The van der Waals surface area contributed by atoms with E-state index < -0.39 is 6.10 Å². The number of β-amino-alcohol motifs (C(OH)–C–C–N with tert-alkyl or cyclic N) is 1. The van der Waals surface area contributed by atoms with Crippen molar-refractivity contribution in [1.82, 2.24) is 14.8 Å². The molecule has 0 saturated carbocycles. The molecule has 2 heterocycles. The van der Waals surface area contributed by atoms with Crippen molar-refractivity contribution in [2.45, 2.75) is 25.5 Å². The van der Waals surface area contributed by atoms with Crippen molar-refractivity contribution < 1.29 is 14.7 Å². The normalized spacial score (nSPS) is 16.7. The van der Waals surface area contributed by atoms with Crippen molar-refractivity contribution >= 4 is 33.4 Å². The van der Waals surface area contributed by atoms with Gasteiger partial charge in [-0.05, 0) is 19.2 Å². The van der Waals surface area contributed by atoms with Crippen LogP contribution in [0.5, 0.6) is 0 Å². The first-order valence-electron chi connectivity index (χ1n) is 7.57. The Balaban J connectivity index is 1.55. The van der Waals surface area contributed by atoms with E-state index in [9.17, 15) is 14.7 Å². The third kappa shape index (κ3) is 3.74. The lowest BCUT2D eigenvalue weighted by atomic mass is 10.3. The smallest absolute Gasteiger partial charge is 0.229 e. The van der Waals surface area contributed by atoms with E-state index in [1.165, 1.54) is 0 Å². The lowest BCUT2D eigenvalue weighted by Gasteiger charge is -2.23. The van der Waals surface area contributed by atoms with Gasteiger partial charge in [0.2, 0.25) is 11.8 Å². The quantitative estimate of drug-likeness (QED) is 0.805. The molecule has 0 unspecified atom stereocenters. The average Bonchev–Trinajstić information content (AvgIpc) is 3.04. The van der Waals surface area contributed by atoms with Gasteiger partial charge in [0.1, 0.15) is 5.01 Å². The number of aliphatic hydroxyl groups excluding tert-OH is 1. The van der Waals surface area contributed by atoms with Gasteiger partial charge < -0.3 is 5.11 Å². The molecule has 0 radical (unpaired) electrons. The predicted molar refractivity (Wildman–Crippen MR) is 87.9 cm³/mol. The first-order valence-corrected chi connectivity index (χ1v) is 8.39. The lowest BCUT2D eigenvalue weighted by molar-refractivity contribution is -0.140. The summed E-state index contributed by atoms with van der Waals surface area (Å²) in [7, 11) is 1.89. The molecule has 2 aromatic rings. The number of aliphatic hydroxyl groups is 1. The zero-order valence-corrected chi connectivity index (χ0v) is 13.8. The summed E-state index contributed by atoms with van der Waals surface area (Å²) in [5, 5.41) is 11.1. The molecular weight excluding hydrogens is 314 g/mol. The zero-order chi connectivity index (χ0) is 16.4. The molecule has 1 N–H and O–H groups in total. The number of likely N-dealkylation sites (tertiary alicyclic amines) is 1. The van der Waals surface area contributed by atoms with E-state index in [-0.39, 0.29) is 31.2 Å². The maximum atomic E-state index is 11.6. The second kappa shape index (κ2) is 6.74. The van der Waals surface area contributed by atoms with Crippen LogP contribution >= 0.6 is 11.3 Å². The minimum atomic E-state index is -0.750. The van der Waals surface area contributed by atoms with Crippen LogP contribution in [0.25, 0.3) is 10.2 Å². The van der Waals surface area contributed by atoms with Crippen molar-refractivity contribution in [1.29, 1.82) is 0 Å². The van der Waals surface area contributed by atoms with E-state index in [0.29, 0.717) is 13.1 Å². The van der Waals surface area contributed by atoms with Crippen LogP contribution in [0.3, 0.4) is 0 Å². The number of thiazole rings is 1. The maximum absolute atomic E-state index is 11.6. The molecule has 1 aromatic carbocycles. The van der Waals surface area contributed by atoms with Gasteiger partial charge in [-0.25, -0.2) is 4.98 Å². The fourth-order valence-electron chi connectivity index (χ4n) is 2.74. The molecule has 6 nitrogen and oxygen atoms in total. The van der Waals surface area contributed by atoms with Crippen molar-refractivity contribution in [3.63, 3.8) is 0 Å². The van der Waals surface area contributed by atoms with Crippen molar-refractivity contribution in [3.8, 4) is 0 Å². The highest BCUT2D eigenvalue weighted by Gasteiger charge is 2.30. The number of carbonyl (C=O) groups excluding carboxylic acids is 2. The maximum Gasteiger partial charge on any atom is 0.229 e. The number of para-hydroxylation sites is 1. The number of nitrogens with zero attached hydrogens (tertiary/aromatic N) is 3. The molecule has 1 saturated heterocycles. The third-order valence-electron chi connectivity index (χ3n) is 3.81. The van der Waals surface area contributed by atoms with Gasteiger partial charge in [0.25, 0.3) is 0 Å². The highest BCUT2D eigenvalue weighted by Crippen LogP contribution is 2.22. The molecular formula is C16H19N3O3S. The first kappa shape index (κ1) is 16.0. The van der Waals surface area contributed by atoms with E-state index >= 15 is 0 Å². The summed E-state index contributed by atoms with van der Waals surface area (Å²) in [6, 6.07) is 7.97. The summed E-state index contributed by atoms with van der Waals surface area (Å²) >= 11 is 1.63. The molecule has 1 fully saturated rings. The van der Waals surface area contributed by atoms with Gasteiger partial charge in [0.15, 0.2) is 0 Å². The Kier molecular flexibility index (Phi) is 4.70. The van der Waals surface area contributed by atoms with Crippen molar-refractivity contribution in [2.75, 3.05) is 20.1 Å². The minimum absolute atomic E-state index is 0.0713. The fourth-order valence-corrected chi connectivity index (χ4v) is 3.79. The molecule has 0 spiro atoms. The highest BCUT2D eigenvalue weighted by molar-refractivity contribution is 7.18. The molecule has 122 valence electrons. The number of imide groups is 1. The molecule has 1 aliphatic heterocycles. The largest absolute Gasteiger partial charge is 0.390 e. The molecule has 23 heavy (non-hydrogen) atoms. The van der Waals surface area contributed by atoms with E-state index in [2.05, 4.69) is 4.98 Å². The Bertz CT molecular complexity index is 681. The highest BCUT2D eigenvalue weighted by atomic mass is 32.1. The number of aromatic nitrogens is 1. The van der Waals surface area contributed by atoms with Crippen LogP contribution in [-0.4, -0.2) is 57.9 Å². The second-order valence-corrected chi connectivity index (χ2v) is 6.94. The van der Waals surface area contributed by atoms with Gasteiger partial charge in [-0.1, -0.05) is 12.1 Å². The molecule has 3 rings (SSSR count). The van der Waals surface area contributed by atoms with Crippen LogP contribution in [0.15, 0.2) is 24.3 Å². The molecule has 1 aromatic heterocycles. The summed E-state index contributed by atoms with van der Waals surface area (Å²) < 4.78 is 1.14. The minimum Gasteiger partial charge on any atom is -0.390 e. The fraction of sp³-hybridized carbons (Fsp3) is 0.438. The van der Waals surface area contributed by atoms with Gasteiger partial charge in [0.05, 0.1) is 29.4 Å². The number of hydrogen-bond acceptors (Lipinski definition) is 6. The van der Waals surface area contributed by atoms with Gasteiger partial charge >= 0.3 is 0 Å². The molecule has 2 amide bonds. The van der Waals surface area contributed by atoms with Gasteiger partial charge in [-0.15, -0.1) is 11.3 Å². The monoisotopic (exact) mass is 333 g/mol. The number of fused-ring (bicyclic) bond motifs is 1. The number of likely N-dealkylation sites (N-methyl/N-ethyl adjacent to an activating group) is 1. The van der Waals surface area contributed by atoms with Crippen LogP contribution in [0.1, 0.15) is 17.8 Å². The Morgan fingerprint density at radius 2 is 2.00 bits per heavy atom. The van der Waals surface area contributed by atoms with Crippen LogP contribution in [0.4, 0.5) is 0 Å². The Labute approximate surface area is 138 Å². The van der Waals surface area contributed by atoms with Crippen LogP contribution in [0, 0.1) is 0 Å². The van der Waals surface area contributed by atoms with E-state index in [0.717, 1.165) is 20.1 Å². The zero-order valence-electron chi connectivity index (χ0n) is 12.9. The van der Waals surface area contributed by atoms with Crippen molar-refractivity contribution in [3.05, 3.63) is 29.3 Å². The Hall–Kier alpha value is -1.83. The Morgan fingerprint density at radius 1 is 1.30 bits per heavy atom. The summed E-state index contributed by atoms with van der Waals surface area (Å²) in [4.78, 5) is 30.8. The van der Waals surface area contributed by atoms with Crippen LogP contribution in [0.2, 0.25) is 0 Å². The topological polar surface area (TPSA) is 73.7 Å². The summed E-state index contributed by atoms with van der Waals surface area (Å²) in [5.41, 5.74) is 0.981. The second-order valence-electron chi connectivity index (χ2n) is 5.82. The molecule has 1 aliphatic rings. The standard InChI is InChI=1S/C16H19N3O3S/c1-18(8-11(20)9-19-15(21)6-7-16(19)22)10-14-17-12-4-2-3-5-13(12)23-14/h2-5,11,20H,6-10H2,1H3/t11-/m0/s1. The van der Waals surface area contributed by atoms with Gasteiger partial charge in [0, 0.05) is 19.4 Å². The van der Waals surface area contributed by atoms with Gasteiger partial charge in [-0.2, -0.15) is 0 Å². The SMILES string of the molecule is CN(Cc1nc2ccccc2s1)C[C@H](O)CN1C(=O)CCC1=O. The van der Waals surface area contributed by atoms with Gasteiger partial charge in [-0.3, -0.25) is 19.4 Å². The molecule has 7 heteroatoms. The number of amides is 2. The third-order valence-corrected chi connectivity index (χ3v) is 4.84. The molecule has 0 bridgehead atoms. The van der Waals surface area contributed by atoms with E-state index in [1.807, 2.05) is 36.2 Å². The van der Waals surface area contributed by atoms with E-state index in [4.69, 9.17) is 0 Å². The summed E-state index contributed by atoms with van der Waals surface area (Å²) in [5.74, 6) is -0.384. The van der Waals surface area contributed by atoms with Crippen molar-refractivity contribution in [2.24, 2.45) is 0 Å². The number of benzene rings is 1. The van der Waals surface area contributed by atoms with E-state index in [1.54, 1.807) is 11.3 Å². The number of carbonyl (C=O) groups is 2. The summed E-state index contributed by atoms with van der Waals surface area (Å²) in [6.45, 7) is 1.08. The lowest BCUT2D eigenvalue weighted by Crippen LogP contribution is -2.41. The average molecular weight is 333 g/mol. The van der Waals surface area contributed by atoms with Crippen LogP contribution in [-0.2, 0) is 16.1 Å². The summed E-state index contributed by atoms with van der Waals surface area (Å²) in [6.07, 6.45) is -0.236. The molecule has 1 atom stereocenters. The first-order chi connectivity index (χ1) is 11.0. The Morgan fingerprint density at radius 3 is 2.70 bits per heavy atom. The molecule has 0 aliphatic carbocycles. The van der Waals surface area contributed by atoms with Crippen LogP contribution < -0.4 is 0 Å². The predicted octanol–water partition coefficient (Wildman–Crippen LogP) is 1.24. The number of rotatable bonds is 6. The number of hydrogen-bond donors (Lipinski definition) is 1.